The van der Waals surface area contributed by atoms with Gasteiger partial charge in [0.05, 0.1) is 5.69 Å². The van der Waals surface area contributed by atoms with Gasteiger partial charge in [-0.25, -0.2) is 0 Å². The van der Waals surface area contributed by atoms with Crippen LogP contribution in [-0.4, -0.2) is 12.8 Å². The molecule has 1 N–H and O–H groups in total. The van der Waals surface area contributed by atoms with Gasteiger partial charge in [-0.15, -0.1) is 5.73 Å². The topological polar surface area (TPSA) is 24.4 Å². The summed E-state index contributed by atoms with van der Waals surface area (Å²) in [6, 6.07) is 6.50. The summed E-state index contributed by atoms with van der Waals surface area (Å²) in [5.74, 6) is 0.862. The van der Waals surface area contributed by atoms with E-state index in [2.05, 4.69) is 75.2 Å². The first-order chi connectivity index (χ1) is 12.0. The average Bonchev–Trinajstić information content (AvgIpc) is 2.87. The largest absolute Gasteiger partial charge is 0.388 e. The highest BCUT2D eigenvalue weighted by atomic mass is 14.8. The van der Waals surface area contributed by atoms with E-state index in [-0.39, 0.29) is 0 Å². The fourth-order valence-corrected chi connectivity index (χ4v) is 3.07. The van der Waals surface area contributed by atoms with Crippen LogP contribution in [0.1, 0.15) is 52.0 Å². The molecule has 1 aliphatic rings. The molecule has 0 spiro atoms. The number of rotatable bonds is 7. The van der Waals surface area contributed by atoms with Crippen molar-refractivity contribution in [3.8, 4) is 0 Å². The van der Waals surface area contributed by atoms with Gasteiger partial charge in [-0.05, 0) is 66.2 Å². The smallest absolute Gasteiger partial charge is 0.0665 e. The molecule has 1 atom stereocenters. The van der Waals surface area contributed by atoms with E-state index < -0.39 is 0 Å². The summed E-state index contributed by atoms with van der Waals surface area (Å²) in [6.07, 6.45) is 12.3. The number of hydrogen-bond donors (Lipinski definition) is 1. The molecule has 0 amide bonds. The minimum Gasteiger partial charge on any atom is -0.388 e. The normalized spacial score (nSPS) is 15.3. The number of anilines is 1. The molecule has 1 aromatic carbocycles. The predicted molar refractivity (Wildman–Crippen MR) is 111 cm³/mol. The molecule has 0 bridgehead atoms. The first-order valence-electron chi connectivity index (χ1n) is 9.22. The van der Waals surface area contributed by atoms with E-state index in [1.165, 1.54) is 16.8 Å². The zero-order valence-electron chi connectivity index (χ0n) is 16.1. The highest BCUT2D eigenvalue weighted by molar-refractivity contribution is 5.88. The van der Waals surface area contributed by atoms with Crippen LogP contribution in [0, 0.1) is 5.92 Å². The summed E-state index contributed by atoms with van der Waals surface area (Å²) < 4.78 is 0. The molecule has 1 unspecified atom stereocenters. The lowest BCUT2D eigenvalue weighted by molar-refractivity contribution is 0.762. The Bertz CT molecular complexity index is 741. The van der Waals surface area contributed by atoms with E-state index >= 15 is 0 Å². The fourth-order valence-electron chi connectivity index (χ4n) is 3.07. The van der Waals surface area contributed by atoms with Gasteiger partial charge < -0.3 is 5.32 Å². The zero-order chi connectivity index (χ0) is 18.2. The standard InChI is InChI=1S/C23H30N2/c1-6-22(17(2)3)25-23-14-13-20(24-5)16-21(23)18(4)15-19-11-9-7-8-10-12-19/h7,9-14,16-18,24H,6,15H2,1-5H3/b25-22-. The van der Waals surface area contributed by atoms with Crippen molar-refractivity contribution < 1.29 is 0 Å². The number of aliphatic imine (C=N–C) groups is 1. The van der Waals surface area contributed by atoms with Crippen LogP contribution < -0.4 is 5.32 Å². The van der Waals surface area contributed by atoms with Gasteiger partial charge in [-0.3, -0.25) is 4.99 Å². The van der Waals surface area contributed by atoms with E-state index in [1.807, 2.05) is 19.2 Å². The number of allylic oxidation sites excluding steroid dienone is 5. The second kappa shape index (κ2) is 9.25. The summed E-state index contributed by atoms with van der Waals surface area (Å²) in [5, 5.41) is 3.25. The Hall–Kier alpha value is -2.31. The molecule has 0 aliphatic heterocycles. The van der Waals surface area contributed by atoms with Gasteiger partial charge in [-0.2, -0.15) is 0 Å². The van der Waals surface area contributed by atoms with Crippen LogP contribution in [0.2, 0.25) is 0 Å². The Labute approximate surface area is 152 Å². The lowest BCUT2D eigenvalue weighted by atomic mass is 9.91. The van der Waals surface area contributed by atoms with Crippen molar-refractivity contribution in [2.24, 2.45) is 10.9 Å². The lowest BCUT2D eigenvalue weighted by Gasteiger charge is -2.18. The molecule has 2 nitrogen and oxygen atoms in total. The third-order valence-corrected chi connectivity index (χ3v) is 4.58. The third-order valence-electron chi connectivity index (χ3n) is 4.58. The summed E-state index contributed by atoms with van der Waals surface area (Å²) >= 11 is 0. The minimum atomic E-state index is 0.389. The molecule has 2 rings (SSSR count). The summed E-state index contributed by atoms with van der Waals surface area (Å²) in [5.41, 5.74) is 9.23. The fraction of sp³-hybridized carbons (Fsp3) is 0.391. The van der Waals surface area contributed by atoms with Gasteiger partial charge in [0, 0.05) is 18.4 Å². The van der Waals surface area contributed by atoms with Crippen molar-refractivity contribution in [1.82, 2.24) is 0 Å². The van der Waals surface area contributed by atoms with E-state index in [0.29, 0.717) is 11.8 Å². The molecular weight excluding hydrogens is 304 g/mol. The number of hydrogen-bond acceptors (Lipinski definition) is 2. The van der Waals surface area contributed by atoms with Crippen molar-refractivity contribution in [2.45, 2.75) is 46.5 Å². The molecule has 0 fully saturated rings. The van der Waals surface area contributed by atoms with E-state index in [0.717, 1.165) is 24.2 Å². The molecule has 0 radical (unpaired) electrons. The third kappa shape index (κ3) is 5.34. The average molecular weight is 335 g/mol. The number of nitrogens with zero attached hydrogens (tertiary/aromatic N) is 1. The Kier molecular flexibility index (Phi) is 7.03. The van der Waals surface area contributed by atoms with Gasteiger partial charge in [0.2, 0.25) is 0 Å². The summed E-state index contributed by atoms with van der Waals surface area (Å²) in [4.78, 5) is 5.01. The lowest BCUT2D eigenvalue weighted by Crippen LogP contribution is -2.06. The first-order valence-corrected chi connectivity index (χ1v) is 9.22. The van der Waals surface area contributed by atoms with Crippen LogP contribution in [0.4, 0.5) is 11.4 Å². The quantitative estimate of drug-likeness (QED) is 0.442. The van der Waals surface area contributed by atoms with Crippen molar-refractivity contribution >= 4 is 17.1 Å². The predicted octanol–water partition coefficient (Wildman–Crippen LogP) is 6.57. The molecule has 0 heterocycles. The Balaban J connectivity index is 2.36. The second-order valence-corrected chi connectivity index (χ2v) is 6.84. The first kappa shape index (κ1) is 19.0. The van der Waals surface area contributed by atoms with Crippen LogP contribution in [0.15, 0.2) is 64.9 Å². The van der Waals surface area contributed by atoms with Crippen LogP contribution in [-0.2, 0) is 0 Å². The van der Waals surface area contributed by atoms with Crippen LogP contribution in [0.25, 0.3) is 0 Å². The molecule has 1 aliphatic carbocycles. The maximum Gasteiger partial charge on any atom is 0.0665 e. The summed E-state index contributed by atoms with van der Waals surface area (Å²) in [7, 11) is 1.96. The Morgan fingerprint density at radius 1 is 1.20 bits per heavy atom. The Morgan fingerprint density at radius 3 is 2.68 bits per heavy atom. The molecular formula is C23H30N2. The Morgan fingerprint density at radius 2 is 2.00 bits per heavy atom. The highest BCUT2D eigenvalue weighted by Gasteiger charge is 2.14. The van der Waals surface area contributed by atoms with Gasteiger partial charge in [0.1, 0.15) is 0 Å². The van der Waals surface area contributed by atoms with Crippen molar-refractivity contribution in [1.29, 1.82) is 0 Å². The van der Waals surface area contributed by atoms with Gasteiger partial charge in [0.15, 0.2) is 0 Å². The minimum absolute atomic E-state index is 0.389. The molecule has 0 saturated heterocycles. The van der Waals surface area contributed by atoms with Crippen LogP contribution in [0.5, 0.6) is 0 Å². The van der Waals surface area contributed by atoms with E-state index in [9.17, 15) is 0 Å². The van der Waals surface area contributed by atoms with Crippen molar-refractivity contribution in [2.75, 3.05) is 12.4 Å². The van der Waals surface area contributed by atoms with Gasteiger partial charge in [0.25, 0.3) is 0 Å². The molecule has 132 valence electrons. The maximum absolute atomic E-state index is 5.01. The van der Waals surface area contributed by atoms with E-state index in [4.69, 9.17) is 4.99 Å². The molecule has 2 heteroatoms. The van der Waals surface area contributed by atoms with Crippen LogP contribution in [0.3, 0.4) is 0 Å². The molecule has 0 saturated carbocycles. The molecule has 1 aromatic rings. The molecule has 0 aromatic heterocycles. The number of nitrogens with one attached hydrogen (secondary N) is 1. The maximum atomic E-state index is 5.01. The molecule has 25 heavy (non-hydrogen) atoms. The van der Waals surface area contributed by atoms with Gasteiger partial charge >= 0.3 is 0 Å². The highest BCUT2D eigenvalue weighted by Crippen LogP contribution is 2.34. The number of benzene rings is 1. The van der Waals surface area contributed by atoms with Crippen molar-refractivity contribution in [3.05, 3.63) is 65.4 Å². The zero-order valence-corrected chi connectivity index (χ0v) is 16.1. The second-order valence-electron chi connectivity index (χ2n) is 6.84. The van der Waals surface area contributed by atoms with Crippen LogP contribution >= 0.6 is 0 Å². The van der Waals surface area contributed by atoms with Crippen molar-refractivity contribution in [3.63, 3.8) is 0 Å². The van der Waals surface area contributed by atoms with Gasteiger partial charge in [-0.1, -0.05) is 45.9 Å². The monoisotopic (exact) mass is 334 g/mol. The SMILES string of the molecule is CC/C(=N/c1ccc(NC)cc1C(C)CC1=CC=C=CC=C1)C(C)C. The van der Waals surface area contributed by atoms with E-state index in [1.54, 1.807) is 0 Å². The summed E-state index contributed by atoms with van der Waals surface area (Å²) in [6.45, 7) is 8.90.